The topological polar surface area (TPSA) is 109 Å². The number of nitro groups is 1. The molecule has 0 spiro atoms. The highest BCUT2D eigenvalue weighted by molar-refractivity contribution is 9.10. The first-order valence-corrected chi connectivity index (χ1v) is 8.47. The normalized spacial score (nSPS) is 11.3. The number of hydrogen-bond acceptors (Lipinski definition) is 6. The first-order valence-electron chi connectivity index (χ1n) is 7.68. The van der Waals surface area contributed by atoms with E-state index in [0.717, 1.165) is 0 Å². The number of rotatable bonds is 7. The molecule has 0 radical (unpaired) electrons. The number of allylic oxidation sites excluding steroid dienone is 1. The number of aryl methyl sites for hydroxylation is 1. The number of furan rings is 1. The van der Waals surface area contributed by atoms with Crippen molar-refractivity contribution in [2.24, 2.45) is 0 Å². The Bertz CT molecular complexity index is 985. The zero-order valence-corrected chi connectivity index (χ0v) is 15.3. The molecular weight excluding hydrogens is 406 g/mol. The minimum atomic E-state index is -0.558. The maximum atomic E-state index is 12.3. The average Bonchev–Trinajstić information content (AvgIpc) is 3.33. The van der Waals surface area contributed by atoms with Gasteiger partial charge in [-0.05, 0) is 52.1 Å². The highest BCUT2D eigenvalue weighted by Gasteiger charge is 2.14. The van der Waals surface area contributed by atoms with Crippen molar-refractivity contribution in [1.82, 2.24) is 19.6 Å². The van der Waals surface area contributed by atoms with Crippen LogP contribution in [-0.2, 0) is 13.1 Å². The van der Waals surface area contributed by atoms with E-state index in [4.69, 9.17) is 4.42 Å². The molecule has 10 heteroatoms. The SMILES string of the molecule is CCn1ncc(Br)c1C(=O)/C=C/c1ccc(Cn2ccc([N+](=O)[O-])n2)o1. The first-order chi connectivity index (χ1) is 12.5. The second kappa shape index (κ2) is 7.48. The highest BCUT2D eigenvalue weighted by atomic mass is 79.9. The van der Waals surface area contributed by atoms with Crippen molar-refractivity contribution in [2.45, 2.75) is 20.0 Å². The summed E-state index contributed by atoms with van der Waals surface area (Å²) in [6.07, 6.45) is 6.06. The van der Waals surface area contributed by atoms with Gasteiger partial charge < -0.3 is 14.5 Å². The molecule has 0 fully saturated rings. The Morgan fingerprint density at radius 1 is 1.42 bits per heavy atom. The van der Waals surface area contributed by atoms with E-state index >= 15 is 0 Å². The van der Waals surface area contributed by atoms with Crippen molar-refractivity contribution in [3.8, 4) is 0 Å². The Morgan fingerprint density at radius 3 is 2.92 bits per heavy atom. The van der Waals surface area contributed by atoms with Crippen LogP contribution in [0.3, 0.4) is 0 Å². The number of carbonyl (C=O) groups is 1. The Balaban J connectivity index is 1.69. The van der Waals surface area contributed by atoms with Gasteiger partial charge in [0.1, 0.15) is 23.8 Å². The van der Waals surface area contributed by atoms with Crippen LogP contribution in [0.2, 0.25) is 0 Å². The van der Waals surface area contributed by atoms with Gasteiger partial charge in [0, 0.05) is 6.54 Å². The van der Waals surface area contributed by atoms with Gasteiger partial charge in [-0.15, -0.1) is 0 Å². The maximum Gasteiger partial charge on any atom is 0.389 e. The number of halogens is 1. The van der Waals surface area contributed by atoms with Crippen molar-refractivity contribution < 1.29 is 14.1 Å². The Hall–Kier alpha value is -3.01. The molecule has 3 aromatic rings. The lowest BCUT2D eigenvalue weighted by atomic mass is 10.2. The van der Waals surface area contributed by atoms with Gasteiger partial charge in [0.25, 0.3) is 0 Å². The lowest BCUT2D eigenvalue weighted by molar-refractivity contribution is -0.389. The van der Waals surface area contributed by atoms with Gasteiger partial charge in [-0.1, -0.05) is 0 Å². The number of hydrogen-bond donors (Lipinski definition) is 0. The molecule has 0 bridgehead atoms. The molecule has 0 aliphatic heterocycles. The standard InChI is InChI=1S/C16H14BrN5O4/c1-2-21-16(13(17)9-18-21)14(23)6-5-11-3-4-12(26-11)10-20-8-7-15(19-20)22(24)25/h3-9H,2,10H2,1H3/b6-5+. The summed E-state index contributed by atoms with van der Waals surface area (Å²) < 4.78 is 9.26. The maximum absolute atomic E-state index is 12.3. The lowest BCUT2D eigenvalue weighted by Gasteiger charge is -2.00. The molecule has 0 aliphatic carbocycles. The van der Waals surface area contributed by atoms with E-state index in [0.29, 0.717) is 28.2 Å². The van der Waals surface area contributed by atoms with Gasteiger partial charge in [0.2, 0.25) is 5.78 Å². The van der Waals surface area contributed by atoms with Gasteiger partial charge >= 0.3 is 5.82 Å². The molecular formula is C16H14BrN5O4. The van der Waals surface area contributed by atoms with Crippen LogP contribution in [0.15, 0.2) is 45.6 Å². The van der Waals surface area contributed by atoms with Crippen LogP contribution < -0.4 is 0 Å². The van der Waals surface area contributed by atoms with E-state index in [1.54, 1.807) is 29.1 Å². The molecule has 0 saturated carbocycles. The van der Waals surface area contributed by atoms with Crippen LogP contribution in [0.25, 0.3) is 6.08 Å². The third kappa shape index (κ3) is 3.80. The number of carbonyl (C=O) groups excluding carboxylic acids is 1. The predicted molar refractivity (Wildman–Crippen MR) is 95.7 cm³/mol. The molecule has 0 aromatic carbocycles. The minimum absolute atomic E-state index is 0.197. The Morgan fingerprint density at radius 2 is 2.23 bits per heavy atom. The van der Waals surface area contributed by atoms with Crippen molar-refractivity contribution >= 4 is 33.6 Å². The average molecular weight is 420 g/mol. The molecule has 3 rings (SSSR count). The number of nitrogens with zero attached hydrogens (tertiary/aromatic N) is 5. The van der Waals surface area contributed by atoms with Crippen LogP contribution in [0.5, 0.6) is 0 Å². The van der Waals surface area contributed by atoms with Crippen LogP contribution in [0.4, 0.5) is 5.82 Å². The van der Waals surface area contributed by atoms with Crippen LogP contribution >= 0.6 is 15.9 Å². The van der Waals surface area contributed by atoms with Crippen molar-refractivity contribution in [3.63, 3.8) is 0 Å². The van der Waals surface area contributed by atoms with E-state index < -0.39 is 4.92 Å². The highest BCUT2D eigenvalue weighted by Crippen LogP contribution is 2.18. The molecule has 0 amide bonds. The molecule has 26 heavy (non-hydrogen) atoms. The fourth-order valence-corrected chi connectivity index (χ4v) is 2.84. The molecule has 9 nitrogen and oxygen atoms in total. The third-order valence-corrected chi connectivity index (χ3v) is 4.12. The van der Waals surface area contributed by atoms with E-state index in [1.807, 2.05) is 6.92 Å². The summed E-state index contributed by atoms with van der Waals surface area (Å²) in [5.41, 5.74) is 0.472. The van der Waals surface area contributed by atoms with Crippen molar-refractivity contribution in [1.29, 1.82) is 0 Å². The summed E-state index contributed by atoms with van der Waals surface area (Å²) in [4.78, 5) is 22.4. The Labute approximate surface area is 156 Å². The second-order valence-corrected chi connectivity index (χ2v) is 6.14. The van der Waals surface area contributed by atoms with Crippen LogP contribution in [-0.4, -0.2) is 30.3 Å². The quantitative estimate of drug-likeness (QED) is 0.251. The van der Waals surface area contributed by atoms with Gasteiger partial charge in [-0.25, -0.2) is 0 Å². The van der Waals surface area contributed by atoms with Crippen molar-refractivity contribution in [2.75, 3.05) is 0 Å². The zero-order valence-electron chi connectivity index (χ0n) is 13.7. The van der Waals surface area contributed by atoms with Crippen molar-refractivity contribution in [3.05, 3.63) is 68.5 Å². The Kier molecular flexibility index (Phi) is 5.12. The molecule has 134 valence electrons. The fraction of sp³-hybridized carbons (Fsp3) is 0.188. The zero-order chi connectivity index (χ0) is 18.7. The second-order valence-electron chi connectivity index (χ2n) is 5.29. The van der Waals surface area contributed by atoms with Gasteiger partial charge in [-0.3, -0.25) is 9.48 Å². The summed E-state index contributed by atoms with van der Waals surface area (Å²) in [5.74, 6) is 0.640. The molecule has 0 aliphatic rings. The summed E-state index contributed by atoms with van der Waals surface area (Å²) in [5, 5.41) is 18.6. The summed E-state index contributed by atoms with van der Waals surface area (Å²) in [6.45, 7) is 2.74. The first kappa shape index (κ1) is 17.8. The molecule has 0 N–H and O–H groups in total. The van der Waals surface area contributed by atoms with Gasteiger partial charge in [0.05, 0.1) is 28.0 Å². The summed E-state index contributed by atoms with van der Waals surface area (Å²) >= 11 is 3.32. The number of aromatic nitrogens is 4. The van der Waals surface area contributed by atoms with Gasteiger partial charge in [-0.2, -0.15) is 9.78 Å². The van der Waals surface area contributed by atoms with Gasteiger partial charge in [0.15, 0.2) is 0 Å². The minimum Gasteiger partial charge on any atom is -0.460 e. The molecule has 0 saturated heterocycles. The van der Waals surface area contributed by atoms with E-state index in [1.165, 1.54) is 23.0 Å². The van der Waals surface area contributed by atoms with E-state index in [2.05, 4.69) is 26.1 Å². The van der Waals surface area contributed by atoms with E-state index in [-0.39, 0.29) is 18.1 Å². The summed E-state index contributed by atoms with van der Waals surface area (Å²) in [7, 11) is 0. The number of ketones is 1. The lowest BCUT2D eigenvalue weighted by Crippen LogP contribution is -2.07. The monoisotopic (exact) mass is 419 g/mol. The predicted octanol–water partition coefficient (Wildman–Crippen LogP) is 3.31. The molecule has 0 unspecified atom stereocenters. The molecule has 3 heterocycles. The van der Waals surface area contributed by atoms with E-state index in [9.17, 15) is 14.9 Å². The third-order valence-electron chi connectivity index (χ3n) is 3.54. The molecule has 0 atom stereocenters. The smallest absolute Gasteiger partial charge is 0.389 e. The van der Waals surface area contributed by atoms with Crippen LogP contribution in [0.1, 0.15) is 28.9 Å². The summed E-state index contributed by atoms with van der Waals surface area (Å²) in [6, 6.07) is 4.75. The van der Waals surface area contributed by atoms with Crippen LogP contribution in [0, 0.1) is 10.1 Å². The largest absolute Gasteiger partial charge is 0.460 e. The molecule has 3 aromatic heterocycles. The fourth-order valence-electron chi connectivity index (χ4n) is 2.35.